The Bertz CT molecular complexity index is 509. The van der Waals surface area contributed by atoms with Crippen LogP contribution in [0.25, 0.3) is 0 Å². The van der Waals surface area contributed by atoms with E-state index in [0.717, 1.165) is 0 Å². The minimum absolute atomic E-state index is 0.255. The summed E-state index contributed by atoms with van der Waals surface area (Å²) in [6, 6.07) is 11.1. The summed E-state index contributed by atoms with van der Waals surface area (Å²) in [7, 11) is 0. The summed E-state index contributed by atoms with van der Waals surface area (Å²) in [5.74, 6) is 0.710. The standard InChI is InChI=1S/C15H19N2O2/c1-12-6-8-17(9-7-12)10-14(18)11-19-15-4-2-13(16)3-5-15/h2-9,14,18H,10-11,16H2,1H3/q+1. The van der Waals surface area contributed by atoms with E-state index in [1.807, 2.05) is 36.0 Å². The highest BCUT2D eigenvalue weighted by atomic mass is 16.5. The third-order valence-electron chi connectivity index (χ3n) is 2.80. The summed E-state index contributed by atoms with van der Waals surface area (Å²) in [6.07, 6.45) is 3.34. The molecule has 1 atom stereocenters. The molecule has 4 heteroatoms. The number of aliphatic hydroxyl groups is 1. The number of pyridine rings is 1. The van der Waals surface area contributed by atoms with Gasteiger partial charge in [0.25, 0.3) is 0 Å². The van der Waals surface area contributed by atoms with Crippen molar-refractivity contribution in [2.75, 3.05) is 12.3 Å². The number of hydrogen-bond donors (Lipinski definition) is 2. The minimum Gasteiger partial charge on any atom is -0.491 e. The molecule has 0 amide bonds. The smallest absolute Gasteiger partial charge is 0.177 e. The summed E-state index contributed by atoms with van der Waals surface area (Å²) in [6.45, 7) is 2.80. The number of benzene rings is 1. The number of nitrogen functional groups attached to an aromatic ring is 1. The fraction of sp³-hybridized carbons (Fsp3) is 0.267. The first-order valence-electron chi connectivity index (χ1n) is 6.25. The molecule has 100 valence electrons. The van der Waals surface area contributed by atoms with Crippen LogP contribution in [-0.2, 0) is 6.54 Å². The quantitative estimate of drug-likeness (QED) is 0.628. The van der Waals surface area contributed by atoms with E-state index >= 15 is 0 Å². The van der Waals surface area contributed by atoms with Gasteiger partial charge < -0.3 is 15.6 Å². The van der Waals surface area contributed by atoms with Crippen molar-refractivity contribution in [2.24, 2.45) is 0 Å². The first-order chi connectivity index (χ1) is 9.13. The van der Waals surface area contributed by atoms with Crippen molar-refractivity contribution in [1.29, 1.82) is 0 Å². The zero-order valence-corrected chi connectivity index (χ0v) is 11.0. The van der Waals surface area contributed by atoms with Gasteiger partial charge in [0.15, 0.2) is 18.9 Å². The maximum absolute atomic E-state index is 9.92. The van der Waals surface area contributed by atoms with Crippen LogP contribution in [0.5, 0.6) is 5.75 Å². The van der Waals surface area contributed by atoms with E-state index < -0.39 is 6.10 Å². The fourth-order valence-corrected chi connectivity index (χ4v) is 1.71. The Hall–Kier alpha value is -2.07. The van der Waals surface area contributed by atoms with Crippen molar-refractivity contribution in [3.63, 3.8) is 0 Å². The second-order valence-corrected chi connectivity index (χ2v) is 4.61. The molecule has 19 heavy (non-hydrogen) atoms. The molecule has 0 bridgehead atoms. The van der Waals surface area contributed by atoms with Gasteiger partial charge in [0.2, 0.25) is 0 Å². The fourth-order valence-electron chi connectivity index (χ4n) is 1.71. The molecule has 0 saturated heterocycles. The number of ether oxygens (including phenoxy) is 1. The lowest BCUT2D eigenvalue weighted by Crippen LogP contribution is -2.41. The number of aliphatic hydroxyl groups excluding tert-OH is 1. The van der Waals surface area contributed by atoms with Crippen molar-refractivity contribution in [3.8, 4) is 5.75 Å². The van der Waals surface area contributed by atoms with Gasteiger partial charge in [-0.05, 0) is 36.8 Å². The predicted octanol–water partition coefficient (Wildman–Crippen LogP) is 1.30. The lowest BCUT2D eigenvalue weighted by Gasteiger charge is -2.10. The van der Waals surface area contributed by atoms with Crippen molar-refractivity contribution >= 4 is 5.69 Å². The van der Waals surface area contributed by atoms with Gasteiger partial charge in [0, 0.05) is 17.8 Å². The molecule has 2 rings (SSSR count). The van der Waals surface area contributed by atoms with Gasteiger partial charge in [-0.3, -0.25) is 0 Å². The van der Waals surface area contributed by atoms with E-state index in [0.29, 0.717) is 18.0 Å². The predicted molar refractivity (Wildman–Crippen MR) is 73.7 cm³/mol. The number of nitrogens with zero attached hydrogens (tertiary/aromatic N) is 1. The van der Waals surface area contributed by atoms with Crippen LogP contribution < -0.4 is 15.0 Å². The molecule has 0 aliphatic carbocycles. The van der Waals surface area contributed by atoms with E-state index in [1.54, 1.807) is 24.3 Å². The van der Waals surface area contributed by atoms with Gasteiger partial charge in [-0.25, -0.2) is 4.57 Å². The van der Waals surface area contributed by atoms with Crippen LogP contribution in [0.3, 0.4) is 0 Å². The van der Waals surface area contributed by atoms with E-state index in [4.69, 9.17) is 10.5 Å². The molecule has 1 aromatic heterocycles. The van der Waals surface area contributed by atoms with Gasteiger partial charge in [0.05, 0.1) is 0 Å². The Balaban J connectivity index is 1.82. The van der Waals surface area contributed by atoms with Gasteiger partial charge in [-0.2, -0.15) is 0 Å². The number of nitrogens with two attached hydrogens (primary N) is 1. The molecule has 0 spiro atoms. The first kappa shape index (κ1) is 13.4. The molecular formula is C15H19N2O2+. The molecule has 0 aliphatic heterocycles. The van der Waals surface area contributed by atoms with Crippen LogP contribution in [0.1, 0.15) is 5.56 Å². The maximum atomic E-state index is 9.92. The number of anilines is 1. The third-order valence-corrected chi connectivity index (χ3v) is 2.80. The second kappa shape index (κ2) is 6.20. The summed E-state index contributed by atoms with van der Waals surface area (Å²) in [4.78, 5) is 0. The van der Waals surface area contributed by atoms with E-state index in [1.165, 1.54) is 5.56 Å². The van der Waals surface area contributed by atoms with Crippen molar-refractivity contribution in [2.45, 2.75) is 19.6 Å². The zero-order chi connectivity index (χ0) is 13.7. The van der Waals surface area contributed by atoms with Crippen LogP contribution in [0, 0.1) is 6.92 Å². The van der Waals surface area contributed by atoms with Crippen molar-refractivity contribution in [3.05, 3.63) is 54.4 Å². The minimum atomic E-state index is -0.551. The number of rotatable bonds is 5. The highest BCUT2D eigenvalue weighted by Gasteiger charge is 2.11. The van der Waals surface area contributed by atoms with Crippen molar-refractivity contribution in [1.82, 2.24) is 0 Å². The largest absolute Gasteiger partial charge is 0.491 e. The van der Waals surface area contributed by atoms with Crippen LogP contribution in [0.4, 0.5) is 5.69 Å². The molecule has 0 radical (unpaired) electrons. The van der Waals surface area contributed by atoms with Gasteiger partial charge in [-0.1, -0.05) is 0 Å². The molecule has 1 aromatic carbocycles. The summed E-state index contributed by atoms with van der Waals surface area (Å²) in [5.41, 5.74) is 7.48. The van der Waals surface area contributed by atoms with Crippen LogP contribution >= 0.6 is 0 Å². The van der Waals surface area contributed by atoms with Gasteiger partial charge in [0.1, 0.15) is 18.5 Å². The SMILES string of the molecule is Cc1cc[n+](CC(O)COc2ccc(N)cc2)cc1. The lowest BCUT2D eigenvalue weighted by atomic mass is 10.3. The number of hydrogen-bond acceptors (Lipinski definition) is 3. The highest BCUT2D eigenvalue weighted by Crippen LogP contribution is 2.13. The Kier molecular flexibility index (Phi) is 4.36. The summed E-state index contributed by atoms with van der Waals surface area (Å²) >= 11 is 0. The van der Waals surface area contributed by atoms with Gasteiger partial charge in [-0.15, -0.1) is 0 Å². The average molecular weight is 259 g/mol. The van der Waals surface area contributed by atoms with Crippen molar-refractivity contribution < 1.29 is 14.4 Å². The Labute approximate surface area is 113 Å². The summed E-state index contributed by atoms with van der Waals surface area (Å²) in [5, 5.41) is 9.92. The normalized spacial score (nSPS) is 12.1. The topological polar surface area (TPSA) is 59.4 Å². The molecular weight excluding hydrogens is 240 g/mol. The monoisotopic (exact) mass is 259 g/mol. The molecule has 0 saturated carbocycles. The van der Waals surface area contributed by atoms with Gasteiger partial charge >= 0.3 is 0 Å². The lowest BCUT2D eigenvalue weighted by molar-refractivity contribution is -0.703. The Morgan fingerprint density at radius 1 is 1.16 bits per heavy atom. The molecule has 1 unspecified atom stereocenters. The van der Waals surface area contributed by atoms with Crippen LogP contribution in [0.2, 0.25) is 0 Å². The second-order valence-electron chi connectivity index (χ2n) is 4.61. The zero-order valence-electron chi connectivity index (χ0n) is 11.0. The number of aromatic nitrogens is 1. The molecule has 0 aliphatic rings. The molecule has 3 N–H and O–H groups in total. The molecule has 2 aromatic rings. The van der Waals surface area contributed by atoms with E-state index in [-0.39, 0.29) is 6.61 Å². The molecule has 1 heterocycles. The Morgan fingerprint density at radius 2 is 1.79 bits per heavy atom. The first-order valence-corrected chi connectivity index (χ1v) is 6.25. The summed E-state index contributed by atoms with van der Waals surface area (Å²) < 4.78 is 7.43. The molecule has 0 fully saturated rings. The van der Waals surface area contributed by atoms with E-state index in [9.17, 15) is 5.11 Å². The average Bonchev–Trinajstić information content (AvgIpc) is 2.41. The Morgan fingerprint density at radius 3 is 2.42 bits per heavy atom. The van der Waals surface area contributed by atoms with Crippen LogP contribution in [0.15, 0.2) is 48.8 Å². The number of aryl methyl sites for hydroxylation is 1. The third kappa shape index (κ3) is 4.26. The highest BCUT2D eigenvalue weighted by molar-refractivity contribution is 5.41. The molecule has 4 nitrogen and oxygen atoms in total. The maximum Gasteiger partial charge on any atom is 0.177 e. The van der Waals surface area contributed by atoms with Crippen LogP contribution in [-0.4, -0.2) is 17.8 Å². The van der Waals surface area contributed by atoms with E-state index in [2.05, 4.69) is 0 Å².